The summed E-state index contributed by atoms with van der Waals surface area (Å²) in [5.74, 6) is 0. The number of rotatable bonds is 15. The molecule has 0 amide bonds. The normalized spacial score (nSPS) is 11.0. The smallest absolute Gasteiger partial charge is 0.0701 e. The number of hydrogen-bond acceptors (Lipinski definition) is 6. The number of aliphatic hydroxyl groups excluding tert-OH is 1. The molecule has 0 saturated heterocycles. The van der Waals surface area contributed by atoms with Gasteiger partial charge in [-0.2, -0.15) is 0 Å². The molecule has 0 aliphatic heterocycles. The minimum atomic E-state index is 0.168. The highest BCUT2D eigenvalue weighted by Gasteiger charge is 1.92. The van der Waals surface area contributed by atoms with Crippen LogP contribution in [-0.2, 0) is 23.7 Å². The van der Waals surface area contributed by atoms with Crippen molar-refractivity contribution in [1.29, 1.82) is 0 Å². The lowest BCUT2D eigenvalue weighted by atomic mass is 10.5. The predicted octanol–water partition coefficient (Wildman–Crippen LogP) is 0.0816. The van der Waals surface area contributed by atoms with Gasteiger partial charge in [0.05, 0.1) is 52.9 Å². The van der Waals surface area contributed by atoms with E-state index in [9.17, 15) is 0 Å². The highest BCUT2D eigenvalue weighted by atomic mass is 16.6. The van der Waals surface area contributed by atoms with Gasteiger partial charge in [0.1, 0.15) is 0 Å². The van der Waals surface area contributed by atoms with Crippen LogP contribution in [-0.4, -0.2) is 78.3 Å². The van der Waals surface area contributed by atoms with Crippen molar-refractivity contribution in [3.8, 4) is 0 Å². The Hall–Kier alpha value is -0.240. The molecule has 0 fully saturated rings. The summed E-state index contributed by atoms with van der Waals surface area (Å²) in [6.07, 6.45) is 0.673. The lowest BCUT2D eigenvalue weighted by Gasteiger charge is -2.07. The van der Waals surface area contributed by atoms with Gasteiger partial charge in [-0.25, -0.2) is 0 Å². The van der Waals surface area contributed by atoms with Gasteiger partial charge in [-0.1, -0.05) is 0 Å². The second-order valence-corrected chi connectivity index (χ2v) is 3.52. The van der Waals surface area contributed by atoms with Gasteiger partial charge in [0.15, 0.2) is 0 Å². The Morgan fingerprint density at radius 1 is 0.611 bits per heavy atom. The fourth-order valence-electron chi connectivity index (χ4n) is 1.07. The number of hydrogen-bond donors (Lipinski definition) is 1. The van der Waals surface area contributed by atoms with Crippen molar-refractivity contribution in [2.75, 3.05) is 73.2 Å². The second kappa shape index (κ2) is 16.8. The Kier molecular flexibility index (Phi) is 16.5. The summed E-state index contributed by atoms with van der Waals surface area (Å²) >= 11 is 0. The zero-order valence-electron chi connectivity index (χ0n) is 11.3. The Labute approximate surface area is 109 Å². The van der Waals surface area contributed by atoms with Crippen LogP contribution in [0.5, 0.6) is 0 Å². The van der Waals surface area contributed by atoms with E-state index in [1.165, 1.54) is 0 Å². The van der Waals surface area contributed by atoms with Gasteiger partial charge in [-0.3, -0.25) is 0 Å². The van der Waals surface area contributed by atoms with E-state index in [0.29, 0.717) is 65.9 Å². The monoisotopic (exact) mass is 266 g/mol. The molecule has 6 heteroatoms. The van der Waals surface area contributed by atoms with E-state index in [4.69, 9.17) is 28.8 Å². The molecular formula is C12H26O6. The van der Waals surface area contributed by atoms with Crippen molar-refractivity contribution < 1.29 is 28.8 Å². The molecule has 0 spiro atoms. The highest BCUT2D eigenvalue weighted by Crippen LogP contribution is 1.84. The molecule has 0 radical (unpaired) electrons. The van der Waals surface area contributed by atoms with Crippen LogP contribution in [0, 0.1) is 0 Å². The van der Waals surface area contributed by atoms with E-state index in [0.717, 1.165) is 0 Å². The van der Waals surface area contributed by atoms with Gasteiger partial charge in [0, 0.05) is 20.3 Å². The van der Waals surface area contributed by atoms with E-state index < -0.39 is 0 Å². The maximum atomic E-state index is 8.51. The quantitative estimate of drug-likeness (QED) is 0.424. The van der Waals surface area contributed by atoms with Crippen LogP contribution in [0.1, 0.15) is 6.42 Å². The first kappa shape index (κ1) is 17.8. The van der Waals surface area contributed by atoms with Crippen LogP contribution < -0.4 is 0 Å². The molecule has 110 valence electrons. The largest absolute Gasteiger partial charge is 0.396 e. The van der Waals surface area contributed by atoms with Crippen LogP contribution >= 0.6 is 0 Å². The Balaban J connectivity index is 2.86. The summed E-state index contributed by atoms with van der Waals surface area (Å²) in [6, 6.07) is 0. The second-order valence-electron chi connectivity index (χ2n) is 3.52. The molecule has 0 aromatic carbocycles. The standard InChI is InChI=1S/C12H26O6/c1-14-5-6-16-9-10-18-12-11-17-8-7-15-4-2-3-13/h13H,2-12H2,1H3. The summed E-state index contributed by atoms with van der Waals surface area (Å²) < 4.78 is 25.8. The van der Waals surface area contributed by atoms with Crippen molar-refractivity contribution in [3.05, 3.63) is 0 Å². The van der Waals surface area contributed by atoms with Gasteiger partial charge in [-0.15, -0.1) is 0 Å². The van der Waals surface area contributed by atoms with Crippen LogP contribution in [0.4, 0.5) is 0 Å². The first-order valence-corrected chi connectivity index (χ1v) is 6.32. The molecule has 0 aliphatic rings. The number of ether oxygens (including phenoxy) is 5. The zero-order chi connectivity index (χ0) is 13.3. The van der Waals surface area contributed by atoms with Crippen molar-refractivity contribution in [2.45, 2.75) is 6.42 Å². The molecule has 0 bridgehead atoms. The van der Waals surface area contributed by atoms with E-state index in [2.05, 4.69) is 0 Å². The summed E-state index contributed by atoms with van der Waals surface area (Å²) in [5, 5.41) is 8.51. The van der Waals surface area contributed by atoms with Crippen LogP contribution in [0.15, 0.2) is 0 Å². The average Bonchev–Trinajstić information content (AvgIpc) is 2.39. The van der Waals surface area contributed by atoms with E-state index in [-0.39, 0.29) is 6.61 Å². The third kappa shape index (κ3) is 15.8. The Morgan fingerprint density at radius 2 is 1.00 bits per heavy atom. The summed E-state index contributed by atoms with van der Waals surface area (Å²) in [6.45, 7) is 5.33. The summed E-state index contributed by atoms with van der Waals surface area (Å²) in [4.78, 5) is 0. The molecular weight excluding hydrogens is 240 g/mol. The molecule has 0 aromatic heterocycles. The van der Waals surface area contributed by atoms with Crippen LogP contribution in [0.2, 0.25) is 0 Å². The van der Waals surface area contributed by atoms with Crippen LogP contribution in [0.3, 0.4) is 0 Å². The fraction of sp³-hybridized carbons (Fsp3) is 1.00. The SMILES string of the molecule is COCCOCCOCCOCCOCCCO. The molecule has 0 unspecified atom stereocenters. The minimum Gasteiger partial charge on any atom is -0.396 e. The molecule has 0 aromatic rings. The van der Waals surface area contributed by atoms with Gasteiger partial charge in [-0.05, 0) is 6.42 Å². The van der Waals surface area contributed by atoms with Crippen molar-refractivity contribution >= 4 is 0 Å². The summed E-state index contributed by atoms with van der Waals surface area (Å²) in [5.41, 5.74) is 0. The van der Waals surface area contributed by atoms with Crippen molar-refractivity contribution in [3.63, 3.8) is 0 Å². The molecule has 0 atom stereocenters. The van der Waals surface area contributed by atoms with Gasteiger partial charge in [0.2, 0.25) is 0 Å². The Bertz CT molecular complexity index is 129. The third-order valence-corrected chi connectivity index (χ3v) is 1.99. The predicted molar refractivity (Wildman–Crippen MR) is 66.9 cm³/mol. The van der Waals surface area contributed by atoms with Gasteiger partial charge < -0.3 is 28.8 Å². The number of methoxy groups -OCH3 is 1. The number of aliphatic hydroxyl groups is 1. The first-order valence-electron chi connectivity index (χ1n) is 6.32. The van der Waals surface area contributed by atoms with E-state index >= 15 is 0 Å². The zero-order valence-corrected chi connectivity index (χ0v) is 11.3. The third-order valence-electron chi connectivity index (χ3n) is 1.99. The van der Waals surface area contributed by atoms with Gasteiger partial charge in [0.25, 0.3) is 0 Å². The molecule has 0 heterocycles. The highest BCUT2D eigenvalue weighted by molar-refractivity contribution is 4.36. The van der Waals surface area contributed by atoms with Crippen molar-refractivity contribution in [1.82, 2.24) is 0 Å². The summed E-state index contributed by atoms with van der Waals surface area (Å²) in [7, 11) is 1.64. The maximum absolute atomic E-state index is 8.51. The lowest BCUT2D eigenvalue weighted by molar-refractivity contribution is -0.00857. The van der Waals surface area contributed by atoms with Crippen LogP contribution in [0.25, 0.3) is 0 Å². The average molecular weight is 266 g/mol. The van der Waals surface area contributed by atoms with Crippen molar-refractivity contribution in [2.24, 2.45) is 0 Å². The Morgan fingerprint density at radius 3 is 1.39 bits per heavy atom. The fourth-order valence-corrected chi connectivity index (χ4v) is 1.07. The molecule has 6 nitrogen and oxygen atoms in total. The molecule has 0 saturated carbocycles. The lowest BCUT2D eigenvalue weighted by Crippen LogP contribution is -2.13. The molecule has 0 rings (SSSR count). The minimum absolute atomic E-state index is 0.168. The molecule has 18 heavy (non-hydrogen) atoms. The van der Waals surface area contributed by atoms with Gasteiger partial charge >= 0.3 is 0 Å². The van der Waals surface area contributed by atoms with E-state index in [1.54, 1.807) is 7.11 Å². The molecule has 0 aliphatic carbocycles. The van der Waals surface area contributed by atoms with E-state index in [1.807, 2.05) is 0 Å². The first-order chi connectivity index (χ1) is 8.91. The topological polar surface area (TPSA) is 66.4 Å². The maximum Gasteiger partial charge on any atom is 0.0701 e. The molecule has 1 N–H and O–H groups in total.